The number of imidazole rings is 1. The zero-order valence-electron chi connectivity index (χ0n) is 13.5. The molecule has 118 valence electrons. The summed E-state index contributed by atoms with van der Waals surface area (Å²) in [4.78, 5) is 14.7. The highest BCUT2D eigenvalue weighted by Crippen LogP contribution is 2.16. The van der Waals surface area contributed by atoms with Gasteiger partial charge in [0.1, 0.15) is 5.82 Å². The van der Waals surface area contributed by atoms with Gasteiger partial charge in [0, 0.05) is 33.1 Å². The predicted molar refractivity (Wildman–Crippen MR) is 91.1 cm³/mol. The third kappa shape index (κ3) is 3.40. The molecule has 2 aromatic rings. The van der Waals surface area contributed by atoms with E-state index in [0.29, 0.717) is 0 Å². The molecule has 1 aromatic heterocycles. The fourth-order valence-electron chi connectivity index (χ4n) is 2.97. The number of nitrogens with zero attached hydrogens (tertiary/aromatic N) is 3. The van der Waals surface area contributed by atoms with Crippen LogP contribution in [-0.2, 0) is 6.42 Å². The molecular weight excluding hydrogens is 274 g/mol. The summed E-state index contributed by atoms with van der Waals surface area (Å²) < 4.78 is 0. The smallest absolute Gasteiger partial charge is 0.193 e. The molecule has 0 aliphatic carbocycles. The van der Waals surface area contributed by atoms with Crippen LogP contribution < -0.4 is 5.32 Å². The largest absolute Gasteiger partial charge is 0.356 e. The standard InChI is InChI=1S/C17H25N5/c1-13-8-11-22(12-9-13)17(18-2)19-10-7-16-20-14-5-3-4-6-15(14)21-16/h3-6,13H,7-12H2,1-2H3,(H,18,19)(H,20,21). The van der Waals surface area contributed by atoms with Crippen LogP contribution in [0, 0.1) is 5.92 Å². The van der Waals surface area contributed by atoms with Crippen LogP contribution in [0.25, 0.3) is 11.0 Å². The average Bonchev–Trinajstić information content (AvgIpc) is 2.95. The Labute approximate surface area is 131 Å². The number of para-hydroxylation sites is 2. The van der Waals surface area contributed by atoms with Gasteiger partial charge >= 0.3 is 0 Å². The minimum absolute atomic E-state index is 0.838. The minimum Gasteiger partial charge on any atom is -0.356 e. The number of benzene rings is 1. The van der Waals surface area contributed by atoms with Crippen molar-refractivity contribution in [3.05, 3.63) is 30.1 Å². The monoisotopic (exact) mass is 299 g/mol. The van der Waals surface area contributed by atoms with E-state index in [1.54, 1.807) is 0 Å². The van der Waals surface area contributed by atoms with Gasteiger partial charge in [0.15, 0.2) is 5.96 Å². The molecule has 22 heavy (non-hydrogen) atoms. The van der Waals surface area contributed by atoms with Crippen LogP contribution in [0.4, 0.5) is 0 Å². The maximum atomic E-state index is 4.61. The first-order valence-corrected chi connectivity index (χ1v) is 8.15. The summed E-state index contributed by atoms with van der Waals surface area (Å²) in [6.07, 6.45) is 3.38. The molecule has 1 aliphatic heterocycles. The van der Waals surface area contributed by atoms with E-state index in [0.717, 1.165) is 54.8 Å². The fourth-order valence-corrected chi connectivity index (χ4v) is 2.97. The maximum Gasteiger partial charge on any atom is 0.193 e. The Kier molecular flexibility index (Phi) is 4.61. The fraction of sp³-hybridized carbons (Fsp3) is 0.529. The highest BCUT2D eigenvalue weighted by Gasteiger charge is 2.18. The van der Waals surface area contributed by atoms with Gasteiger partial charge in [0.2, 0.25) is 0 Å². The molecule has 0 bridgehead atoms. The number of likely N-dealkylation sites (tertiary alicyclic amines) is 1. The zero-order chi connectivity index (χ0) is 15.4. The molecule has 0 atom stereocenters. The Morgan fingerprint density at radius 3 is 2.86 bits per heavy atom. The number of aliphatic imine (C=N–C) groups is 1. The third-order valence-electron chi connectivity index (χ3n) is 4.38. The SMILES string of the molecule is CN=C(NCCc1nc2ccccc2[nH]1)N1CCC(C)CC1. The summed E-state index contributed by atoms with van der Waals surface area (Å²) in [5.41, 5.74) is 2.14. The number of guanidine groups is 1. The minimum atomic E-state index is 0.838. The van der Waals surface area contributed by atoms with Crippen molar-refractivity contribution >= 4 is 17.0 Å². The van der Waals surface area contributed by atoms with Crippen molar-refractivity contribution in [3.8, 4) is 0 Å². The van der Waals surface area contributed by atoms with Crippen molar-refractivity contribution in [2.24, 2.45) is 10.9 Å². The highest BCUT2D eigenvalue weighted by molar-refractivity contribution is 5.80. The van der Waals surface area contributed by atoms with E-state index in [4.69, 9.17) is 0 Å². The topological polar surface area (TPSA) is 56.3 Å². The maximum absolute atomic E-state index is 4.61. The van der Waals surface area contributed by atoms with Gasteiger partial charge in [-0.15, -0.1) is 0 Å². The van der Waals surface area contributed by atoms with Gasteiger partial charge in [-0.25, -0.2) is 4.98 Å². The molecule has 0 spiro atoms. The lowest BCUT2D eigenvalue weighted by Crippen LogP contribution is -2.45. The first-order valence-electron chi connectivity index (χ1n) is 8.15. The summed E-state index contributed by atoms with van der Waals surface area (Å²) in [6, 6.07) is 8.15. The lowest BCUT2D eigenvalue weighted by molar-refractivity contribution is 0.273. The van der Waals surface area contributed by atoms with Crippen LogP contribution in [0.3, 0.4) is 0 Å². The van der Waals surface area contributed by atoms with Crippen LogP contribution in [0.2, 0.25) is 0 Å². The Bertz CT molecular complexity index is 604. The quantitative estimate of drug-likeness (QED) is 0.676. The molecule has 2 N–H and O–H groups in total. The molecule has 5 heteroatoms. The van der Waals surface area contributed by atoms with E-state index < -0.39 is 0 Å². The second-order valence-electron chi connectivity index (χ2n) is 6.09. The number of rotatable bonds is 3. The second-order valence-corrected chi connectivity index (χ2v) is 6.09. The van der Waals surface area contributed by atoms with Crippen LogP contribution in [-0.4, -0.2) is 47.5 Å². The van der Waals surface area contributed by atoms with E-state index in [9.17, 15) is 0 Å². The first-order chi connectivity index (χ1) is 10.8. The Morgan fingerprint density at radius 1 is 1.36 bits per heavy atom. The van der Waals surface area contributed by atoms with Crippen molar-refractivity contribution in [2.45, 2.75) is 26.2 Å². The van der Waals surface area contributed by atoms with Gasteiger partial charge in [-0.2, -0.15) is 0 Å². The van der Waals surface area contributed by atoms with Gasteiger partial charge in [-0.1, -0.05) is 19.1 Å². The number of nitrogens with one attached hydrogen (secondary N) is 2. The van der Waals surface area contributed by atoms with Crippen molar-refractivity contribution in [1.82, 2.24) is 20.2 Å². The summed E-state index contributed by atoms with van der Waals surface area (Å²) in [7, 11) is 1.86. The predicted octanol–water partition coefficient (Wildman–Crippen LogP) is 2.41. The first kappa shape index (κ1) is 14.9. The van der Waals surface area contributed by atoms with Crippen molar-refractivity contribution in [1.29, 1.82) is 0 Å². The number of piperidine rings is 1. The van der Waals surface area contributed by atoms with Crippen molar-refractivity contribution in [3.63, 3.8) is 0 Å². The number of hydrogen-bond donors (Lipinski definition) is 2. The van der Waals surface area contributed by atoms with Crippen molar-refractivity contribution < 1.29 is 0 Å². The summed E-state index contributed by atoms with van der Waals surface area (Å²) in [5, 5.41) is 3.46. The second kappa shape index (κ2) is 6.81. The Hall–Kier alpha value is -2.04. The molecule has 0 unspecified atom stereocenters. The number of aromatic nitrogens is 2. The Morgan fingerprint density at radius 2 is 2.14 bits per heavy atom. The van der Waals surface area contributed by atoms with Gasteiger partial charge in [0.05, 0.1) is 11.0 Å². The van der Waals surface area contributed by atoms with Gasteiger partial charge in [-0.3, -0.25) is 4.99 Å². The van der Waals surface area contributed by atoms with Crippen LogP contribution in [0.5, 0.6) is 0 Å². The lowest BCUT2D eigenvalue weighted by atomic mass is 10.00. The zero-order valence-corrected chi connectivity index (χ0v) is 13.5. The van der Waals surface area contributed by atoms with Gasteiger partial charge in [-0.05, 0) is 30.9 Å². The van der Waals surface area contributed by atoms with Gasteiger partial charge in [0.25, 0.3) is 0 Å². The normalized spacial score (nSPS) is 17.2. The molecule has 5 nitrogen and oxygen atoms in total. The van der Waals surface area contributed by atoms with E-state index in [-0.39, 0.29) is 0 Å². The van der Waals surface area contributed by atoms with Crippen LogP contribution >= 0.6 is 0 Å². The number of aromatic amines is 1. The molecule has 1 fully saturated rings. The lowest BCUT2D eigenvalue weighted by Gasteiger charge is -2.32. The van der Waals surface area contributed by atoms with E-state index >= 15 is 0 Å². The summed E-state index contributed by atoms with van der Waals surface area (Å²) >= 11 is 0. The molecule has 2 heterocycles. The molecule has 1 saturated heterocycles. The summed E-state index contributed by atoms with van der Waals surface area (Å²) in [5.74, 6) is 2.88. The van der Waals surface area contributed by atoms with E-state index in [2.05, 4.69) is 38.2 Å². The molecule has 3 rings (SSSR count). The molecule has 0 amide bonds. The molecule has 1 aromatic carbocycles. The number of H-pyrrole nitrogens is 1. The Balaban J connectivity index is 1.53. The highest BCUT2D eigenvalue weighted by atomic mass is 15.3. The van der Waals surface area contributed by atoms with Crippen LogP contribution in [0.1, 0.15) is 25.6 Å². The van der Waals surface area contributed by atoms with Crippen LogP contribution in [0.15, 0.2) is 29.3 Å². The average molecular weight is 299 g/mol. The third-order valence-corrected chi connectivity index (χ3v) is 4.38. The van der Waals surface area contributed by atoms with E-state index in [1.807, 2.05) is 25.2 Å². The summed E-state index contributed by atoms with van der Waals surface area (Å²) in [6.45, 7) is 5.38. The molecular formula is C17H25N5. The molecule has 1 aliphatic rings. The van der Waals surface area contributed by atoms with Gasteiger partial charge < -0.3 is 15.2 Å². The van der Waals surface area contributed by atoms with E-state index in [1.165, 1.54) is 12.8 Å². The molecule has 0 radical (unpaired) electrons. The number of hydrogen-bond acceptors (Lipinski definition) is 2. The number of fused-ring (bicyclic) bond motifs is 1. The molecule has 0 saturated carbocycles. The van der Waals surface area contributed by atoms with Crippen molar-refractivity contribution in [2.75, 3.05) is 26.7 Å².